The predicted molar refractivity (Wildman–Crippen MR) is 111 cm³/mol. The van der Waals surface area contributed by atoms with Crippen LogP contribution < -0.4 is 0 Å². The fourth-order valence-electron chi connectivity index (χ4n) is 4.30. The second kappa shape index (κ2) is 7.16. The number of carbonyl (C=O) groups is 3. The number of fused-ring (bicyclic) bond motifs is 1. The summed E-state index contributed by atoms with van der Waals surface area (Å²) in [6.45, 7) is 0.945. The summed E-state index contributed by atoms with van der Waals surface area (Å²) in [5.74, 6) is -2.32. The van der Waals surface area contributed by atoms with E-state index in [0.29, 0.717) is 31.5 Å². The van der Waals surface area contributed by atoms with E-state index in [1.165, 1.54) is 6.20 Å². The van der Waals surface area contributed by atoms with Gasteiger partial charge in [0.25, 0.3) is 17.6 Å². The normalized spacial score (nSPS) is 17.2. The van der Waals surface area contributed by atoms with Crippen molar-refractivity contribution in [2.75, 3.05) is 19.6 Å². The number of benzene rings is 1. The average Bonchev–Trinajstić information content (AvgIpc) is 3.39. The van der Waals surface area contributed by atoms with E-state index < -0.39 is 23.0 Å². The molecule has 31 heavy (non-hydrogen) atoms. The van der Waals surface area contributed by atoms with E-state index in [9.17, 15) is 18.8 Å². The van der Waals surface area contributed by atoms with Crippen molar-refractivity contribution in [3.8, 4) is 0 Å². The Hall–Kier alpha value is -3.26. The Morgan fingerprint density at radius 1 is 1.13 bits per heavy atom. The Morgan fingerprint density at radius 2 is 1.87 bits per heavy atom. The maximum atomic E-state index is 14.3. The summed E-state index contributed by atoms with van der Waals surface area (Å²) >= 11 is 5.97. The van der Waals surface area contributed by atoms with Gasteiger partial charge in [0.05, 0.1) is 28.2 Å². The van der Waals surface area contributed by atoms with Crippen LogP contribution in [0.1, 0.15) is 33.6 Å². The molecule has 0 radical (unpaired) electrons. The van der Waals surface area contributed by atoms with Crippen molar-refractivity contribution in [1.29, 1.82) is 0 Å². The lowest BCUT2D eigenvalue weighted by atomic mass is 10.0. The molecule has 1 N–H and O–H groups in total. The number of pyridine rings is 1. The summed E-state index contributed by atoms with van der Waals surface area (Å²) in [4.78, 5) is 48.7. The van der Waals surface area contributed by atoms with Crippen molar-refractivity contribution in [2.45, 2.75) is 18.4 Å². The Bertz CT molecular complexity index is 1220. The van der Waals surface area contributed by atoms with Gasteiger partial charge >= 0.3 is 0 Å². The molecule has 1 saturated carbocycles. The van der Waals surface area contributed by atoms with Gasteiger partial charge < -0.3 is 14.8 Å². The highest BCUT2D eigenvalue weighted by atomic mass is 35.5. The molecule has 1 aromatic carbocycles. The fraction of sp³-hybridized carbons (Fsp3) is 0.273. The summed E-state index contributed by atoms with van der Waals surface area (Å²) < 4.78 is 14.3. The number of nitrogens with zero attached hydrogens (tertiary/aromatic N) is 3. The van der Waals surface area contributed by atoms with Crippen LogP contribution in [0, 0.1) is 5.82 Å². The van der Waals surface area contributed by atoms with Crippen molar-refractivity contribution < 1.29 is 18.8 Å². The molecule has 2 fully saturated rings. The monoisotopic (exact) mass is 440 g/mol. The van der Waals surface area contributed by atoms with Crippen LogP contribution in [0.2, 0.25) is 5.15 Å². The highest BCUT2D eigenvalue weighted by Gasteiger charge is 2.55. The summed E-state index contributed by atoms with van der Waals surface area (Å²) in [6.07, 6.45) is 3.64. The number of piperazine rings is 1. The Kier molecular flexibility index (Phi) is 4.55. The Morgan fingerprint density at radius 3 is 2.58 bits per heavy atom. The molecule has 7 nitrogen and oxygen atoms in total. The molecule has 2 aliphatic rings. The summed E-state index contributed by atoms with van der Waals surface area (Å²) in [7, 11) is 0. The van der Waals surface area contributed by atoms with Gasteiger partial charge in [0.2, 0.25) is 0 Å². The molecule has 1 aliphatic carbocycles. The number of halogens is 2. The first-order valence-electron chi connectivity index (χ1n) is 9.93. The number of carbonyl (C=O) groups excluding carboxylic acids is 3. The first-order chi connectivity index (χ1) is 14.9. The van der Waals surface area contributed by atoms with Crippen LogP contribution in [0.25, 0.3) is 10.9 Å². The van der Waals surface area contributed by atoms with Gasteiger partial charge in [0.15, 0.2) is 11.0 Å². The number of hydrogen-bond donors (Lipinski definition) is 1. The van der Waals surface area contributed by atoms with Crippen molar-refractivity contribution >= 4 is 40.1 Å². The van der Waals surface area contributed by atoms with Crippen molar-refractivity contribution in [1.82, 2.24) is 19.8 Å². The maximum Gasteiger partial charge on any atom is 0.295 e. The minimum absolute atomic E-state index is 0.0228. The third kappa shape index (κ3) is 3.18. The van der Waals surface area contributed by atoms with Crippen LogP contribution in [0.4, 0.5) is 4.39 Å². The number of Topliss-reactive ketones (excluding diaryl/α,β-unsaturated/α-hetero) is 1. The molecule has 0 atom stereocenters. The van der Waals surface area contributed by atoms with E-state index in [-0.39, 0.29) is 34.1 Å². The van der Waals surface area contributed by atoms with Crippen LogP contribution in [-0.4, -0.2) is 62.5 Å². The molecule has 0 bridgehead atoms. The highest BCUT2D eigenvalue weighted by molar-refractivity contribution is 6.45. The van der Waals surface area contributed by atoms with Gasteiger partial charge in [0, 0.05) is 31.4 Å². The number of aromatic nitrogens is 2. The van der Waals surface area contributed by atoms with Crippen LogP contribution in [0.15, 0.2) is 42.7 Å². The van der Waals surface area contributed by atoms with E-state index in [1.807, 2.05) is 6.07 Å². The molecule has 1 saturated heterocycles. The van der Waals surface area contributed by atoms with Gasteiger partial charge in [0.1, 0.15) is 0 Å². The number of rotatable bonds is 3. The highest BCUT2D eigenvalue weighted by Crippen LogP contribution is 2.45. The van der Waals surface area contributed by atoms with Gasteiger partial charge in [-0.1, -0.05) is 29.8 Å². The van der Waals surface area contributed by atoms with E-state index in [1.54, 1.807) is 34.1 Å². The third-order valence-electron chi connectivity index (χ3n) is 6.09. The molecule has 9 heteroatoms. The topological polar surface area (TPSA) is 86.4 Å². The SMILES string of the molecule is O=C(C(=O)N1CCN(C(=O)c2ccccc2)CC12CC2)c1c[nH]c2c(Cl)ncc(F)c12. The molecular formula is C22H18ClFN4O3. The second-order valence-corrected chi connectivity index (χ2v) is 8.31. The molecule has 3 heterocycles. The molecule has 2 amide bonds. The van der Waals surface area contributed by atoms with Crippen LogP contribution in [-0.2, 0) is 4.79 Å². The first-order valence-corrected chi connectivity index (χ1v) is 10.3. The Labute approximate surface area is 181 Å². The zero-order valence-electron chi connectivity index (χ0n) is 16.4. The Balaban J connectivity index is 1.38. The number of hydrogen-bond acceptors (Lipinski definition) is 4. The summed E-state index contributed by atoms with van der Waals surface area (Å²) in [5, 5.41) is -0.0179. The molecule has 0 unspecified atom stereocenters. The van der Waals surface area contributed by atoms with E-state index in [0.717, 1.165) is 6.20 Å². The molecule has 1 spiro atoms. The third-order valence-corrected chi connectivity index (χ3v) is 6.37. The lowest BCUT2D eigenvalue weighted by Crippen LogP contribution is -2.59. The summed E-state index contributed by atoms with van der Waals surface area (Å²) in [5.41, 5.74) is 0.158. The number of H-pyrrole nitrogens is 1. The van der Waals surface area contributed by atoms with Gasteiger partial charge in [-0.05, 0) is 25.0 Å². The van der Waals surface area contributed by atoms with E-state index in [4.69, 9.17) is 11.6 Å². The smallest absolute Gasteiger partial charge is 0.295 e. The van der Waals surface area contributed by atoms with Crippen LogP contribution in [0.3, 0.4) is 0 Å². The minimum atomic E-state index is -0.804. The molecule has 5 rings (SSSR count). The second-order valence-electron chi connectivity index (χ2n) is 7.95. The quantitative estimate of drug-likeness (QED) is 0.385. The van der Waals surface area contributed by atoms with Gasteiger partial charge in [-0.3, -0.25) is 14.4 Å². The van der Waals surface area contributed by atoms with Crippen molar-refractivity contribution in [2.24, 2.45) is 0 Å². The van der Waals surface area contributed by atoms with Crippen LogP contribution in [0.5, 0.6) is 0 Å². The van der Waals surface area contributed by atoms with E-state index in [2.05, 4.69) is 9.97 Å². The molecule has 3 aromatic rings. The maximum absolute atomic E-state index is 14.3. The van der Waals surface area contributed by atoms with Crippen molar-refractivity contribution in [3.05, 3.63) is 64.8 Å². The van der Waals surface area contributed by atoms with Crippen molar-refractivity contribution in [3.63, 3.8) is 0 Å². The zero-order chi connectivity index (χ0) is 21.8. The largest absolute Gasteiger partial charge is 0.358 e. The first kappa shape index (κ1) is 19.7. The fourth-order valence-corrected chi connectivity index (χ4v) is 4.49. The van der Waals surface area contributed by atoms with Gasteiger partial charge in [-0.25, -0.2) is 9.37 Å². The number of ketones is 1. The molecular weight excluding hydrogens is 423 g/mol. The van der Waals surface area contributed by atoms with Gasteiger partial charge in [-0.2, -0.15) is 0 Å². The lowest BCUT2D eigenvalue weighted by Gasteiger charge is -2.41. The number of nitrogens with one attached hydrogen (secondary N) is 1. The standard InChI is InChI=1S/C22H18ClFN4O3/c23-19-17-16(15(24)11-26-19)14(10-25-17)18(29)21(31)28-9-8-27(12-22(28)6-7-22)20(30)13-4-2-1-3-5-13/h1-5,10-11,25H,6-9,12H2. The molecule has 1 aliphatic heterocycles. The number of aromatic amines is 1. The predicted octanol–water partition coefficient (Wildman–Crippen LogP) is 3.06. The molecule has 158 valence electrons. The average molecular weight is 441 g/mol. The van der Waals surface area contributed by atoms with E-state index >= 15 is 0 Å². The lowest BCUT2D eigenvalue weighted by molar-refractivity contribution is -0.131. The zero-order valence-corrected chi connectivity index (χ0v) is 17.2. The molecule has 2 aromatic heterocycles. The van der Waals surface area contributed by atoms with Gasteiger partial charge in [-0.15, -0.1) is 0 Å². The van der Waals surface area contributed by atoms with Crippen LogP contribution >= 0.6 is 11.6 Å². The number of amides is 2. The summed E-state index contributed by atoms with van der Waals surface area (Å²) in [6, 6.07) is 8.97. The minimum Gasteiger partial charge on any atom is -0.358 e.